The van der Waals surface area contributed by atoms with E-state index in [4.69, 9.17) is 9.47 Å². The van der Waals surface area contributed by atoms with E-state index in [0.29, 0.717) is 50.6 Å². The highest BCUT2D eigenvalue weighted by atomic mass is 32.2. The average molecular weight is 445 g/mol. The first-order chi connectivity index (χ1) is 15.0. The van der Waals surface area contributed by atoms with Crippen molar-refractivity contribution in [3.8, 4) is 5.88 Å². The lowest BCUT2D eigenvalue weighted by Gasteiger charge is -2.29. The molecule has 0 saturated heterocycles. The zero-order valence-electron chi connectivity index (χ0n) is 17.6. The monoisotopic (exact) mass is 444 g/mol. The van der Waals surface area contributed by atoms with Gasteiger partial charge in [0.05, 0.1) is 12.3 Å². The Balaban J connectivity index is 1.77. The van der Waals surface area contributed by atoms with E-state index < -0.39 is 15.6 Å². The first-order valence-electron chi connectivity index (χ1n) is 10.0. The van der Waals surface area contributed by atoms with Crippen molar-refractivity contribution in [3.05, 3.63) is 67.2 Å². The number of nitrogens with one attached hydrogen (secondary N) is 2. The summed E-state index contributed by atoms with van der Waals surface area (Å²) in [4.78, 5) is 8.38. The molecule has 0 aliphatic heterocycles. The lowest BCUT2D eigenvalue weighted by Crippen LogP contribution is -2.46. The molecule has 0 fully saturated rings. The van der Waals surface area contributed by atoms with Crippen LogP contribution in [-0.4, -0.2) is 44.2 Å². The van der Waals surface area contributed by atoms with Crippen molar-refractivity contribution in [1.29, 1.82) is 0 Å². The molecule has 1 aliphatic rings. The van der Waals surface area contributed by atoms with Crippen molar-refractivity contribution in [2.75, 3.05) is 25.6 Å². The number of rotatable bonds is 12. The second-order valence-corrected chi connectivity index (χ2v) is 8.94. The summed E-state index contributed by atoms with van der Waals surface area (Å²) in [6.45, 7) is 4.93. The predicted octanol–water partition coefficient (Wildman–Crippen LogP) is 3.06. The van der Waals surface area contributed by atoms with Crippen LogP contribution >= 0.6 is 0 Å². The number of anilines is 1. The molecule has 2 aromatic rings. The highest BCUT2D eigenvalue weighted by Gasteiger charge is 2.35. The predicted molar refractivity (Wildman–Crippen MR) is 119 cm³/mol. The van der Waals surface area contributed by atoms with Gasteiger partial charge in [-0.25, -0.2) is 18.1 Å². The van der Waals surface area contributed by atoms with Gasteiger partial charge in [-0.1, -0.05) is 24.3 Å². The number of hydrogen-bond acceptors (Lipinski definition) is 7. The number of pyridine rings is 2. The van der Waals surface area contributed by atoms with E-state index in [1.54, 1.807) is 37.7 Å². The zero-order valence-corrected chi connectivity index (χ0v) is 18.4. The first-order valence-corrected chi connectivity index (χ1v) is 11.5. The number of hydrogen-bond donors (Lipinski definition) is 2. The van der Waals surface area contributed by atoms with Crippen LogP contribution in [0.1, 0.15) is 24.8 Å². The summed E-state index contributed by atoms with van der Waals surface area (Å²) in [7, 11) is -2.21. The van der Waals surface area contributed by atoms with Gasteiger partial charge < -0.3 is 14.8 Å². The molecule has 2 aromatic heterocycles. The Bertz CT molecular complexity index is 1020. The molecule has 166 valence electrons. The smallest absolute Gasteiger partial charge is 0.244 e. The summed E-state index contributed by atoms with van der Waals surface area (Å²) in [5.41, 5.74) is 0.670. The maximum atomic E-state index is 13.2. The number of aromatic nitrogens is 2. The van der Waals surface area contributed by atoms with Crippen molar-refractivity contribution in [3.63, 3.8) is 0 Å². The third-order valence-electron chi connectivity index (χ3n) is 4.99. The molecule has 0 atom stereocenters. The van der Waals surface area contributed by atoms with Gasteiger partial charge in [0.2, 0.25) is 15.9 Å². The lowest BCUT2D eigenvalue weighted by atomic mass is 9.94. The SMILES string of the molecule is C=CCC1(NS(=O)(=O)c2cnccc2NCc2cccnc2OCCOC)CC=CC1. The summed E-state index contributed by atoms with van der Waals surface area (Å²) >= 11 is 0. The van der Waals surface area contributed by atoms with Crippen LogP contribution in [0.25, 0.3) is 0 Å². The van der Waals surface area contributed by atoms with Crippen LogP contribution < -0.4 is 14.8 Å². The molecule has 9 heteroatoms. The average Bonchev–Trinajstić information content (AvgIpc) is 3.21. The van der Waals surface area contributed by atoms with Gasteiger partial charge in [-0.2, -0.15) is 0 Å². The fourth-order valence-electron chi connectivity index (χ4n) is 3.45. The van der Waals surface area contributed by atoms with Crippen molar-refractivity contribution in [2.45, 2.75) is 36.2 Å². The minimum absolute atomic E-state index is 0.0936. The van der Waals surface area contributed by atoms with E-state index in [1.165, 1.54) is 6.20 Å². The molecule has 2 N–H and O–H groups in total. The number of sulfonamides is 1. The molecule has 31 heavy (non-hydrogen) atoms. The molecular formula is C22H28N4O4S. The van der Waals surface area contributed by atoms with Crippen LogP contribution in [-0.2, 0) is 21.3 Å². The molecule has 0 aromatic carbocycles. The maximum Gasteiger partial charge on any atom is 0.244 e. The number of ether oxygens (including phenoxy) is 2. The van der Waals surface area contributed by atoms with E-state index in [1.807, 2.05) is 18.2 Å². The van der Waals surface area contributed by atoms with Gasteiger partial charge in [0.1, 0.15) is 11.5 Å². The van der Waals surface area contributed by atoms with Gasteiger partial charge in [-0.15, -0.1) is 6.58 Å². The second-order valence-electron chi connectivity index (χ2n) is 7.29. The van der Waals surface area contributed by atoms with E-state index in [2.05, 4.69) is 26.6 Å². The fourth-order valence-corrected chi connectivity index (χ4v) is 5.01. The molecule has 2 heterocycles. The van der Waals surface area contributed by atoms with Gasteiger partial charge >= 0.3 is 0 Å². The van der Waals surface area contributed by atoms with Crippen LogP contribution in [0.5, 0.6) is 5.88 Å². The van der Waals surface area contributed by atoms with Crippen LogP contribution in [0, 0.1) is 0 Å². The van der Waals surface area contributed by atoms with Crippen LogP contribution in [0.3, 0.4) is 0 Å². The molecule has 8 nitrogen and oxygen atoms in total. The lowest BCUT2D eigenvalue weighted by molar-refractivity contribution is 0.143. The Morgan fingerprint density at radius 2 is 2.03 bits per heavy atom. The minimum Gasteiger partial charge on any atom is -0.475 e. The van der Waals surface area contributed by atoms with Crippen molar-refractivity contribution in [2.24, 2.45) is 0 Å². The quantitative estimate of drug-likeness (QED) is 0.383. The van der Waals surface area contributed by atoms with E-state index in [0.717, 1.165) is 5.56 Å². The van der Waals surface area contributed by atoms with Gasteiger partial charge in [0.15, 0.2) is 0 Å². The van der Waals surface area contributed by atoms with Gasteiger partial charge in [-0.3, -0.25) is 4.98 Å². The molecule has 1 aliphatic carbocycles. The Labute approximate surface area is 183 Å². The fraction of sp³-hybridized carbons (Fsp3) is 0.364. The summed E-state index contributed by atoms with van der Waals surface area (Å²) in [6, 6.07) is 5.32. The van der Waals surface area contributed by atoms with Crippen molar-refractivity contribution >= 4 is 15.7 Å². The summed E-state index contributed by atoms with van der Waals surface area (Å²) in [6.07, 6.45) is 12.1. The normalized spacial score (nSPS) is 15.0. The molecule has 0 radical (unpaired) electrons. The van der Waals surface area contributed by atoms with E-state index in [-0.39, 0.29) is 4.90 Å². The maximum absolute atomic E-state index is 13.2. The molecular weight excluding hydrogens is 416 g/mol. The highest BCUT2D eigenvalue weighted by Crippen LogP contribution is 2.31. The zero-order chi connectivity index (χ0) is 22.2. The molecule has 0 amide bonds. The van der Waals surface area contributed by atoms with E-state index >= 15 is 0 Å². The third-order valence-corrected chi connectivity index (χ3v) is 6.60. The van der Waals surface area contributed by atoms with Crippen LogP contribution in [0.4, 0.5) is 5.69 Å². The van der Waals surface area contributed by atoms with Crippen molar-refractivity contribution in [1.82, 2.24) is 14.7 Å². The molecule has 0 spiro atoms. The first kappa shape index (κ1) is 22.9. The molecule has 3 rings (SSSR count). The van der Waals surface area contributed by atoms with Crippen LogP contribution in [0.2, 0.25) is 0 Å². The van der Waals surface area contributed by atoms with Crippen molar-refractivity contribution < 1.29 is 17.9 Å². The molecule has 0 unspecified atom stereocenters. The number of methoxy groups -OCH3 is 1. The Morgan fingerprint density at radius 3 is 2.77 bits per heavy atom. The topological polar surface area (TPSA) is 102 Å². The largest absolute Gasteiger partial charge is 0.475 e. The van der Waals surface area contributed by atoms with Crippen LogP contribution in [0.15, 0.2) is 66.5 Å². The Morgan fingerprint density at radius 1 is 1.23 bits per heavy atom. The van der Waals surface area contributed by atoms with E-state index in [9.17, 15) is 8.42 Å². The number of nitrogens with zero attached hydrogens (tertiary/aromatic N) is 2. The molecule has 0 bridgehead atoms. The second kappa shape index (κ2) is 10.5. The van der Waals surface area contributed by atoms with Gasteiger partial charge in [0, 0.05) is 43.3 Å². The Hall–Kier alpha value is -2.75. The minimum atomic E-state index is -3.81. The van der Waals surface area contributed by atoms with Gasteiger partial charge in [-0.05, 0) is 31.4 Å². The molecule has 0 saturated carbocycles. The Kier molecular flexibility index (Phi) is 7.78. The van der Waals surface area contributed by atoms with Gasteiger partial charge in [0.25, 0.3) is 0 Å². The summed E-state index contributed by atoms with van der Waals surface area (Å²) in [5, 5.41) is 3.19. The third kappa shape index (κ3) is 5.90. The summed E-state index contributed by atoms with van der Waals surface area (Å²) in [5.74, 6) is 0.477. The summed E-state index contributed by atoms with van der Waals surface area (Å²) < 4.78 is 40.0. The standard InChI is InChI=1S/C22H28N4O4S/c1-3-9-22(10-4-5-11-22)26-31(27,28)20-17-23-13-8-19(20)25-16-18-7-6-12-24-21(18)30-15-14-29-2/h3-8,12-13,17,26H,1,9-11,14-16H2,2H3,(H,23,25). The highest BCUT2D eigenvalue weighted by molar-refractivity contribution is 7.89.